The van der Waals surface area contributed by atoms with Crippen molar-refractivity contribution in [1.29, 1.82) is 0 Å². The zero-order chi connectivity index (χ0) is 41.1. The van der Waals surface area contributed by atoms with Crippen LogP contribution >= 0.6 is 0 Å². The Morgan fingerprint density at radius 2 is 1.29 bits per heavy atom. The van der Waals surface area contributed by atoms with Crippen LogP contribution < -0.4 is 17.4 Å². The fourth-order valence-electron chi connectivity index (χ4n) is 8.56. The van der Waals surface area contributed by atoms with Gasteiger partial charge in [-0.2, -0.15) is 0 Å². The van der Waals surface area contributed by atoms with Crippen molar-refractivity contribution in [3.05, 3.63) is 209 Å². The molecule has 2 aromatic heterocycles. The molecule has 0 radical (unpaired) electrons. The van der Waals surface area contributed by atoms with Gasteiger partial charge in [-0.1, -0.05) is 164 Å². The molecule has 0 saturated heterocycles. The molecule has 5 nitrogen and oxygen atoms in total. The van der Waals surface area contributed by atoms with E-state index >= 15 is 0 Å². The molecule has 59 heavy (non-hydrogen) atoms. The van der Waals surface area contributed by atoms with Crippen LogP contribution in [0.3, 0.4) is 0 Å². The highest BCUT2D eigenvalue weighted by molar-refractivity contribution is 6.16. The Morgan fingerprint density at radius 3 is 2.05 bits per heavy atom. The average molecular weight is 769 g/mol. The van der Waals surface area contributed by atoms with Crippen LogP contribution in [0.5, 0.6) is 0 Å². The van der Waals surface area contributed by atoms with Gasteiger partial charge in [0.15, 0.2) is 0 Å². The SMILES string of the molecule is Cc1ccc2c(c1)C(C)(C)c1ccccc1-2.Cc1ccccc1.NCc1cccc2c1oc1cccc(-c3ccc4c(c3)c3ccccc3n4C3=CC=C=C=C3)c12.NN. The molecule has 0 spiro atoms. The normalized spacial score (nSPS) is 12.9. The van der Waals surface area contributed by atoms with Crippen LogP contribution in [-0.2, 0) is 12.0 Å². The molecular weight excluding hydrogens is 721 g/mol. The van der Waals surface area contributed by atoms with Crippen molar-refractivity contribution in [2.45, 2.75) is 39.7 Å². The van der Waals surface area contributed by atoms with E-state index in [1.165, 1.54) is 55.2 Å². The molecule has 0 unspecified atom stereocenters. The summed E-state index contributed by atoms with van der Waals surface area (Å²) < 4.78 is 8.56. The molecule has 2 heterocycles. The van der Waals surface area contributed by atoms with E-state index in [0.29, 0.717) is 6.54 Å². The van der Waals surface area contributed by atoms with E-state index in [4.69, 9.17) is 10.2 Å². The van der Waals surface area contributed by atoms with Crippen LogP contribution in [0.2, 0.25) is 0 Å². The van der Waals surface area contributed by atoms with Crippen LogP contribution in [-0.4, -0.2) is 4.57 Å². The number of benzene rings is 7. The number of hydrazine groups is 1. The quantitative estimate of drug-likeness (QED) is 0.0947. The maximum absolute atomic E-state index is 6.27. The molecule has 11 rings (SSSR count). The third-order valence-electron chi connectivity index (χ3n) is 11.4. The van der Waals surface area contributed by atoms with E-state index in [-0.39, 0.29) is 5.41 Å². The van der Waals surface area contributed by atoms with Gasteiger partial charge >= 0.3 is 0 Å². The van der Waals surface area contributed by atoms with Gasteiger partial charge in [0.05, 0.1) is 16.7 Å². The van der Waals surface area contributed by atoms with Crippen molar-refractivity contribution < 1.29 is 4.42 Å². The molecule has 290 valence electrons. The van der Waals surface area contributed by atoms with Crippen molar-refractivity contribution in [1.82, 2.24) is 4.57 Å². The Morgan fingerprint density at radius 1 is 0.593 bits per heavy atom. The van der Waals surface area contributed by atoms with Crippen LogP contribution in [0.25, 0.3) is 71.7 Å². The topological polar surface area (TPSA) is 96.1 Å². The lowest BCUT2D eigenvalue weighted by atomic mass is 9.82. The van der Waals surface area contributed by atoms with Gasteiger partial charge in [-0.15, -0.1) is 0 Å². The van der Waals surface area contributed by atoms with Crippen LogP contribution in [0.4, 0.5) is 0 Å². The Balaban J connectivity index is 0.000000159. The third-order valence-corrected chi connectivity index (χ3v) is 11.4. The number of hydrogen-bond donors (Lipinski definition) is 3. The molecule has 0 amide bonds. The molecule has 0 aliphatic heterocycles. The predicted octanol–water partition coefficient (Wildman–Crippen LogP) is 12.7. The summed E-state index contributed by atoms with van der Waals surface area (Å²) in [4.78, 5) is 0. The second kappa shape index (κ2) is 16.5. The van der Waals surface area contributed by atoms with Gasteiger partial charge in [0.25, 0.3) is 0 Å². The Bertz CT molecular complexity index is 3130. The zero-order valence-corrected chi connectivity index (χ0v) is 34.0. The molecule has 7 aromatic carbocycles. The number of rotatable bonds is 3. The van der Waals surface area contributed by atoms with Crippen molar-refractivity contribution in [3.8, 4) is 22.3 Å². The lowest BCUT2D eigenvalue weighted by molar-refractivity contribution is 0.660. The molecule has 6 N–H and O–H groups in total. The lowest BCUT2D eigenvalue weighted by Gasteiger charge is -2.21. The summed E-state index contributed by atoms with van der Waals surface area (Å²) in [6.45, 7) is 9.33. The molecule has 0 bridgehead atoms. The highest BCUT2D eigenvalue weighted by Gasteiger charge is 2.34. The van der Waals surface area contributed by atoms with E-state index in [1.807, 2.05) is 42.5 Å². The fraction of sp³-hybridized carbons (Fsp3) is 0.111. The first-order valence-electron chi connectivity index (χ1n) is 19.9. The summed E-state index contributed by atoms with van der Waals surface area (Å²) in [7, 11) is 0. The lowest BCUT2D eigenvalue weighted by Crippen LogP contribution is -2.14. The largest absolute Gasteiger partial charge is 0.456 e. The maximum Gasteiger partial charge on any atom is 0.139 e. The molecule has 2 aliphatic rings. The van der Waals surface area contributed by atoms with Crippen molar-refractivity contribution in [2.75, 3.05) is 0 Å². The Labute approximate surface area is 345 Å². The van der Waals surface area contributed by atoms with E-state index in [9.17, 15) is 0 Å². The minimum absolute atomic E-state index is 0.151. The number of aryl methyl sites for hydroxylation is 2. The molecule has 0 atom stereocenters. The molecule has 9 aromatic rings. The number of nitrogens with two attached hydrogens (primary N) is 3. The van der Waals surface area contributed by atoms with Gasteiger partial charge in [0.2, 0.25) is 0 Å². The molecule has 0 saturated carbocycles. The first-order chi connectivity index (χ1) is 28.8. The van der Waals surface area contributed by atoms with Crippen molar-refractivity contribution in [3.63, 3.8) is 0 Å². The van der Waals surface area contributed by atoms with E-state index in [1.54, 1.807) is 0 Å². The predicted molar refractivity (Wildman–Crippen MR) is 249 cm³/mol. The summed E-state index contributed by atoms with van der Waals surface area (Å²) in [5, 5.41) is 4.67. The maximum atomic E-state index is 6.27. The third kappa shape index (κ3) is 7.15. The minimum atomic E-state index is 0.151. The van der Waals surface area contributed by atoms with Crippen molar-refractivity contribution in [2.24, 2.45) is 17.4 Å². The number of aromatic nitrogens is 1. The minimum Gasteiger partial charge on any atom is -0.456 e. The van der Waals surface area contributed by atoms with E-state index in [2.05, 4.69) is 183 Å². The first kappa shape index (κ1) is 38.9. The number of allylic oxidation sites excluding steroid dienone is 4. The monoisotopic (exact) mass is 768 g/mol. The van der Waals surface area contributed by atoms with Gasteiger partial charge in [0.1, 0.15) is 11.2 Å². The average Bonchev–Trinajstić information content (AvgIpc) is 3.91. The number of fused-ring (bicyclic) bond motifs is 9. The zero-order valence-electron chi connectivity index (χ0n) is 34.0. The first-order valence-corrected chi connectivity index (χ1v) is 19.9. The molecule has 5 heteroatoms. The number of para-hydroxylation sites is 2. The van der Waals surface area contributed by atoms with E-state index < -0.39 is 0 Å². The highest BCUT2D eigenvalue weighted by atomic mass is 16.3. The summed E-state index contributed by atoms with van der Waals surface area (Å²) in [5.41, 5.74) is 29.2. The highest BCUT2D eigenvalue weighted by Crippen LogP contribution is 2.48. The Hall–Kier alpha value is -6.94. The van der Waals surface area contributed by atoms with Gasteiger partial charge in [0, 0.05) is 45.1 Å². The fourth-order valence-corrected chi connectivity index (χ4v) is 8.56. The summed E-state index contributed by atoms with van der Waals surface area (Å²) >= 11 is 0. The molecule has 0 fully saturated rings. The summed E-state index contributed by atoms with van der Waals surface area (Å²) in [5.74, 6) is 8.00. The van der Waals surface area contributed by atoms with Gasteiger partial charge < -0.3 is 14.7 Å². The Kier molecular flexibility index (Phi) is 10.9. The number of hydrogen-bond acceptors (Lipinski definition) is 4. The van der Waals surface area contributed by atoms with E-state index in [0.717, 1.165) is 44.3 Å². The van der Waals surface area contributed by atoms with Gasteiger partial charge in [-0.3, -0.25) is 11.7 Å². The van der Waals surface area contributed by atoms with Crippen LogP contribution in [0.1, 0.15) is 41.7 Å². The summed E-state index contributed by atoms with van der Waals surface area (Å²) in [6.07, 6.45) is 5.96. The van der Waals surface area contributed by atoms with Crippen LogP contribution in [0.15, 0.2) is 186 Å². The summed E-state index contributed by atoms with van der Waals surface area (Å²) in [6, 6.07) is 53.6. The van der Waals surface area contributed by atoms with Crippen LogP contribution in [0, 0.1) is 13.8 Å². The molecular formula is C54H48N4O. The van der Waals surface area contributed by atoms with Gasteiger partial charge in [-0.25, -0.2) is 0 Å². The second-order valence-electron chi connectivity index (χ2n) is 15.4. The van der Waals surface area contributed by atoms with Gasteiger partial charge in [-0.05, 0) is 83.6 Å². The number of nitrogens with zero attached hydrogens (tertiary/aromatic N) is 1. The molecule has 2 aliphatic carbocycles. The smallest absolute Gasteiger partial charge is 0.139 e. The number of furan rings is 1. The second-order valence-corrected chi connectivity index (χ2v) is 15.4. The standard InChI is InChI=1S/C31H20N2O.C16H16.C7H8.H4N2/c32-19-21-8-6-13-25-30-23(12-7-15-29(30)34-31(21)25)20-16-17-28-26(18-20)24-11-4-5-14-27(24)33(28)22-9-2-1-3-10-22;1-11-8-9-13-12-6-4-5-7-14(12)16(2,3)15(13)10-11;1-7-5-3-2-4-6-7;1-2/h2,4-18H,19,32H2;4-10H,1-3H3;2-6H,1H3;1-2H2. The van der Waals surface area contributed by atoms with Crippen molar-refractivity contribution >= 4 is 49.4 Å².